The summed E-state index contributed by atoms with van der Waals surface area (Å²) in [7, 11) is 1.24. The molecule has 0 bridgehead atoms. The van der Waals surface area contributed by atoms with Gasteiger partial charge in [-0.15, -0.1) is 0 Å². The summed E-state index contributed by atoms with van der Waals surface area (Å²) in [4.78, 5) is 44.4. The van der Waals surface area contributed by atoms with Gasteiger partial charge in [-0.1, -0.05) is 54.6 Å². The number of nitrogens with zero attached hydrogens (tertiary/aromatic N) is 2. The molecule has 9 nitrogen and oxygen atoms in total. The lowest BCUT2D eigenvalue weighted by molar-refractivity contribution is -0.145. The molecule has 0 aliphatic heterocycles. The third kappa shape index (κ3) is 7.29. The number of nitrogens with one attached hydrogen (secondary N) is 2. The number of aliphatic carboxylic acids is 1. The van der Waals surface area contributed by atoms with E-state index in [0.29, 0.717) is 5.69 Å². The number of carboxylic acid groups (broad SMARTS) is 1. The molecule has 0 saturated carbocycles. The molecule has 172 valence electrons. The van der Waals surface area contributed by atoms with Crippen LogP contribution in [0.25, 0.3) is 11.1 Å². The Kier molecular flexibility index (Phi) is 8.31. The van der Waals surface area contributed by atoms with Crippen molar-refractivity contribution in [3.8, 4) is 11.1 Å². The molecular weight excluding hydrogens is 424 g/mol. The van der Waals surface area contributed by atoms with E-state index in [-0.39, 0.29) is 26.1 Å². The quantitative estimate of drug-likeness (QED) is 0.381. The third-order valence-corrected chi connectivity index (χ3v) is 4.99. The molecule has 3 aromatic rings. The van der Waals surface area contributed by atoms with Crippen LogP contribution in [-0.4, -0.2) is 64.1 Å². The van der Waals surface area contributed by atoms with Crippen LogP contribution < -0.4 is 5.32 Å². The average molecular weight is 450 g/mol. The maximum Gasteiger partial charge on any atom is 0.328 e. The lowest BCUT2D eigenvalue weighted by Gasteiger charge is -2.22. The van der Waals surface area contributed by atoms with E-state index in [9.17, 15) is 19.5 Å². The summed E-state index contributed by atoms with van der Waals surface area (Å²) < 4.78 is 4.78. The van der Waals surface area contributed by atoms with Crippen molar-refractivity contribution in [1.29, 1.82) is 0 Å². The van der Waals surface area contributed by atoms with Crippen LogP contribution in [0.2, 0.25) is 0 Å². The number of amides is 1. The van der Waals surface area contributed by atoms with Gasteiger partial charge in [0.15, 0.2) is 0 Å². The predicted molar refractivity (Wildman–Crippen MR) is 121 cm³/mol. The Morgan fingerprint density at radius 2 is 1.76 bits per heavy atom. The number of H-pyrrole nitrogens is 1. The summed E-state index contributed by atoms with van der Waals surface area (Å²) >= 11 is 0. The fourth-order valence-electron chi connectivity index (χ4n) is 3.45. The summed E-state index contributed by atoms with van der Waals surface area (Å²) in [6.45, 7) is -0.251. The van der Waals surface area contributed by atoms with Crippen molar-refractivity contribution in [3.05, 3.63) is 78.4 Å². The number of imidazole rings is 1. The van der Waals surface area contributed by atoms with Crippen LogP contribution in [0, 0.1) is 0 Å². The van der Waals surface area contributed by atoms with Gasteiger partial charge in [-0.3, -0.25) is 14.5 Å². The standard InChI is InChI=1S/C24H26N4O5/c1-33-24(32)21(11-20-12-25-16-26-20)27-22(29)14-28(15-23(30)31)13-17-7-9-19(10-8-17)18-5-3-2-4-6-18/h2-10,12,16,21H,11,13-15H2,1H3,(H,25,26)(H,27,29)(H,30,31)/t21-/m0/s1. The van der Waals surface area contributed by atoms with Crippen molar-refractivity contribution in [2.75, 3.05) is 20.2 Å². The third-order valence-electron chi connectivity index (χ3n) is 4.99. The second-order valence-electron chi connectivity index (χ2n) is 7.53. The van der Waals surface area contributed by atoms with Gasteiger partial charge >= 0.3 is 11.9 Å². The van der Waals surface area contributed by atoms with Crippen LogP contribution in [0.4, 0.5) is 0 Å². The predicted octanol–water partition coefficient (Wildman–Crippen LogP) is 1.86. The SMILES string of the molecule is COC(=O)[C@H](Cc1cnc[nH]1)NC(=O)CN(CC(=O)O)Cc1ccc(-c2ccccc2)cc1. The van der Waals surface area contributed by atoms with E-state index >= 15 is 0 Å². The second kappa shape index (κ2) is 11.6. The Morgan fingerprint density at radius 3 is 2.36 bits per heavy atom. The molecule has 1 aromatic heterocycles. The smallest absolute Gasteiger partial charge is 0.328 e. The zero-order chi connectivity index (χ0) is 23.6. The molecule has 0 aliphatic carbocycles. The zero-order valence-electron chi connectivity index (χ0n) is 18.2. The van der Waals surface area contributed by atoms with E-state index in [2.05, 4.69) is 15.3 Å². The summed E-state index contributed by atoms with van der Waals surface area (Å²) in [5, 5.41) is 11.9. The summed E-state index contributed by atoms with van der Waals surface area (Å²) in [6, 6.07) is 16.7. The minimum atomic E-state index is -1.05. The molecule has 0 spiro atoms. The van der Waals surface area contributed by atoms with Crippen molar-refractivity contribution >= 4 is 17.8 Å². The number of aromatic nitrogens is 2. The molecule has 0 aliphatic rings. The van der Waals surface area contributed by atoms with E-state index < -0.39 is 23.9 Å². The topological polar surface area (TPSA) is 125 Å². The molecule has 33 heavy (non-hydrogen) atoms. The number of carbonyl (C=O) groups excluding carboxylic acids is 2. The van der Waals surface area contributed by atoms with Crippen LogP contribution in [0.1, 0.15) is 11.3 Å². The molecule has 1 heterocycles. The lowest BCUT2D eigenvalue weighted by Crippen LogP contribution is -2.47. The van der Waals surface area contributed by atoms with Gasteiger partial charge in [-0.2, -0.15) is 0 Å². The highest BCUT2D eigenvalue weighted by molar-refractivity contribution is 5.86. The number of ether oxygens (including phenoxy) is 1. The van der Waals surface area contributed by atoms with Crippen molar-refractivity contribution < 1.29 is 24.2 Å². The molecule has 1 amide bonds. The molecule has 2 aromatic carbocycles. The van der Waals surface area contributed by atoms with E-state index in [0.717, 1.165) is 16.7 Å². The summed E-state index contributed by atoms with van der Waals surface area (Å²) in [5.41, 5.74) is 3.65. The zero-order valence-corrected chi connectivity index (χ0v) is 18.2. The van der Waals surface area contributed by atoms with Gasteiger partial charge in [0.25, 0.3) is 0 Å². The number of aromatic amines is 1. The Balaban J connectivity index is 1.64. The molecule has 3 N–H and O–H groups in total. The molecular formula is C24H26N4O5. The number of methoxy groups -OCH3 is 1. The van der Waals surface area contributed by atoms with Gasteiger partial charge in [0, 0.05) is 24.9 Å². The van der Waals surface area contributed by atoms with Crippen molar-refractivity contribution in [2.45, 2.75) is 19.0 Å². The Hall–Kier alpha value is -3.98. The minimum absolute atomic E-state index is 0.179. The van der Waals surface area contributed by atoms with Crippen molar-refractivity contribution in [2.24, 2.45) is 0 Å². The van der Waals surface area contributed by atoms with Gasteiger partial charge in [0.1, 0.15) is 6.04 Å². The first-order valence-electron chi connectivity index (χ1n) is 10.4. The van der Waals surface area contributed by atoms with E-state index in [4.69, 9.17) is 4.74 Å². The normalized spacial score (nSPS) is 11.7. The number of hydrogen-bond donors (Lipinski definition) is 3. The van der Waals surface area contributed by atoms with Gasteiger partial charge < -0.3 is 20.1 Å². The monoisotopic (exact) mass is 450 g/mol. The average Bonchev–Trinajstić information content (AvgIpc) is 3.32. The first kappa shape index (κ1) is 23.7. The van der Waals surface area contributed by atoms with Crippen LogP contribution >= 0.6 is 0 Å². The second-order valence-corrected chi connectivity index (χ2v) is 7.53. The van der Waals surface area contributed by atoms with Gasteiger partial charge in [-0.25, -0.2) is 9.78 Å². The highest BCUT2D eigenvalue weighted by Crippen LogP contribution is 2.19. The molecule has 0 fully saturated rings. The van der Waals surface area contributed by atoms with E-state index in [1.54, 1.807) is 6.20 Å². The fourth-order valence-corrected chi connectivity index (χ4v) is 3.45. The summed E-state index contributed by atoms with van der Waals surface area (Å²) in [5.74, 6) is -2.13. The highest BCUT2D eigenvalue weighted by atomic mass is 16.5. The molecule has 3 rings (SSSR count). The van der Waals surface area contributed by atoms with Gasteiger partial charge in [-0.05, 0) is 16.7 Å². The Labute approximate surface area is 191 Å². The van der Waals surface area contributed by atoms with Gasteiger partial charge in [0.2, 0.25) is 5.91 Å². The van der Waals surface area contributed by atoms with Crippen LogP contribution in [0.5, 0.6) is 0 Å². The van der Waals surface area contributed by atoms with E-state index in [1.165, 1.54) is 18.3 Å². The molecule has 9 heteroatoms. The number of carboxylic acids is 1. The number of benzene rings is 2. The van der Waals surface area contributed by atoms with E-state index in [1.807, 2.05) is 54.6 Å². The number of rotatable bonds is 11. The van der Waals surface area contributed by atoms with Crippen LogP contribution in [0.15, 0.2) is 67.1 Å². The van der Waals surface area contributed by atoms with Crippen molar-refractivity contribution in [1.82, 2.24) is 20.2 Å². The van der Waals surface area contributed by atoms with Gasteiger partial charge in [0.05, 0.1) is 26.5 Å². The molecule has 1 atom stereocenters. The highest BCUT2D eigenvalue weighted by Gasteiger charge is 2.24. The summed E-state index contributed by atoms with van der Waals surface area (Å²) in [6.07, 6.45) is 3.21. The van der Waals surface area contributed by atoms with Crippen molar-refractivity contribution in [3.63, 3.8) is 0 Å². The molecule has 0 unspecified atom stereocenters. The number of esters is 1. The Bertz CT molecular complexity index is 1050. The first-order chi connectivity index (χ1) is 15.9. The fraction of sp³-hybridized carbons (Fsp3) is 0.250. The van der Waals surface area contributed by atoms with Crippen LogP contribution in [0.3, 0.4) is 0 Å². The Morgan fingerprint density at radius 1 is 1.06 bits per heavy atom. The lowest BCUT2D eigenvalue weighted by atomic mass is 10.0. The maximum atomic E-state index is 12.6. The minimum Gasteiger partial charge on any atom is -0.480 e. The van der Waals surface area contributed by atoms with Crippen LogP contribution in [-0.2, 0) is 32.1 Å². The molecule has 0 radical (unpaired) electrons. The first-order valence-corrected chi connectivity index (χ1v) is 10.4. The molecule has 0 saturated heterocycles. The number of hydrogen-bond acceptors (Lipinski definition) is 6. The maximum absolute atomic E-state index is 12.6. The largest absolute Gasteiger partial charge is 0.480 e. The number of carbonyl (C=O) groups is 3.